The number of piperidine rings is 1. The summed E-state index contributed by atoms with van der Waals surface area (Å²) < 4.78 is 17.2. The van der Waals surface area contributed by atoms with Crippen LogP contribution < -0.4 is 9.64 Å². The lowest BCUT2D eigenvalue weighted by atomic mass is 9.88. The van der Waals surface area contributed by atoms with Gasteiger partial charge in [0, 0.05) is 30.7 Å². The molecule has 6 rings (SSSR count). The number of ether oxygens (including phenoxy) is 2. The second-order valence-electron chi connectivity index (χ2n) is 8.69. The van der Waals surface area contributed by atoms with E-state index >= 15 is 0 Å². The maximum Gasteiger partial charge on any atom is 0.410 e. The van der Waals surface area contributed by atoms with Gasteiger partial charge in [0.2, 0.25) is 0 Å². The first-order valence-corrected chi connectivity index (χ1v) is 10.8. The van der Waals surface area contributed by atoms with Crippen molar-refractivity contribution in [3.63, 3.8) is 0 Å². The van der Waals surface area contributed by atoms with Crippen LogP contribution in [0.1, 0.15) is 27.2 Å². The van der Waals surface area contributed by atoms with Crippen LogP contribution in [0.5, 0.6) is 5.75 Å². The molecule has 0 radical (unpaired) electrons. The number of rotatable bonds is 3. The molecule has 8 nitrogen and oxygen atoms in total. The van der Waals surface area contributed by atoms with Crippen molar-refractivity contribution < 1.29 is 18.7 Å². The molecule has 2 bridgehead atoms. The molecule has 3 aromatic rings. The van der Waals surface area contributed by atoms with E-state index in [9.17, 15) is 4.79 Å². The van der Waals surface area contributed by atoms with Gasteiger partial charge in [-0.05, 0) is 33.3 Å². The highest BCUT2D eigenvalue weighted by Gasteiger charge is 2.49. The fraction of sp³-hybridized carbons (Fsp3) is 0.476. The maximum absolute atomic E-state index is 12.5. The third-order valence-electron chi connectivity index (χ3n) is 5.42. The monoisotopic (exact) mass is 428 g/mol. The number of amides is 1. The number of benzene rings is 1. The van der Waals surface area contributed by atoms with Crippen molar-refractivity contribution in [1.82, 2.24) is 14.9 Å². The van der Waals surface area contributed by atoms with Crippen LogP contribution in [0.15, 0.2) is 28.1 Å². The summed E-state index contributed by atoms with van der Waals surface area (Å²) in [5.41, 5.74) is 1.81. The molecule has 0 saturated carbocycles. The summed E-state index contributed by atoms with van der Waals surface area (Å²) in [5.74, 6) is 0.713. The molecule has 2 aromatic heterocycles. The van der Waals surface area contributed by atoms with Gasteiger partial charge in [0.15, 0.2) is 5.58 Å². The van der Waals surface area contributed by atoms with Crippen molar-refractivity contribution in [2.24, 2.45) is 0 Å². The number of nitrogens with zero attached hydrogens (tertiary/aromatic N) is 4. The Morgan fingerprint density at radius 2 is 2.03 bits per heavy atom. The summed E-state index contributed by atoms with van der Waals surface area (Å²) >= 11 is 1.54. The first-order valence-electron chi connectivity index (χ1n) is 9.97. The van der Waals surface area contributed by atoms with Gasteiger partial charge in [0.05, 0.1) is 24.8 Å². The number of oxazole rings is 1. The lowest BCUT2D eigenvalue weighted by Crippen LogP contribution is -2.70. The first kappa shape index (κ1) is 19.2. The molecule has 30 heavy (non-hydrogen) atoms. The summed E-state index contributed by atoms with van der Waals surface area (Å²) in [6.07, 6.45) is 2.51. The van der Waals surface area contributed by atoms with Gasteiger partial charge in [-0.25, -0.2) is 9.78 Å². The number of anilines is 1. The van der Waals surface area contributed by atoms with E-state index in [-0.39, 0.29) is 18.2 Å². The van der Waals surface area contributed by atoms with Gasteiger partial charge >= 0.3 is 6.09 Å². The van der Waals surface area contributed by atoms with Gasteiger partial charge in [-0.15, -0.1) is 11.3 Å². The lowest BCUT2D eigenvalue weighted by molar-refractivity contribution is -0.0386. The minimum absolute atomic E-state index is 0.113. The smallest absolute Gasteiger partial charge is 0.410 e. The average Bonchev–Trinajstić information content (AvgIpc) is 3.35. The molecule has 3 aliphatic rings. The highest BCUT2D eigenvalue weighted by atomic mass is 32.1. The Hall–Kier alpha value is -2.81. The molecule has 3 aliphatic heterocycles. The molecule has 5 heterocycles. The Morgan fingerprint density at radius 1 is 1.27 bits per heavy atom. The largest absolute Gasteiger partial charge is 0.497 e. The Balaban J connectivity index is 1.41. The summed E-state index contributed by atoms with van der Waals surface area (Å²) in [5, 5.41) is 2.79. The molecule has 9 heteroatoms. The van der Waals surface area contributed by atoms with E-state index in [1.165, 1.54) is 0 Å². The van der Waals surface area contributed by atoms with E-state index in [4.69, 9.17) is 18.9 Å². The molecule has 158 valence electrons. The SMILES string of the molecule is COc1cc(-c2nccs2)c2oc(N3CC4CC(C3)N4C(=O)OC(C)(C)C)nc2c1. The molecule has 0 spiro atoms. The Bertz CT molecular complexity index is 1080. The molecular formula is C21H24N4O4S. The number of hydrogen-bond acceptors (Lipinski definition) is 8. The van der Waals surface area contributed by atoms with Gasteiger partial charge < -0.3 is 18.8 Å². The van der Waals surface area contributed by atoms with Gasteiger partial charge in [0.1, 0.15) is 21.9 Å². The number of aromatic nitrogens is 2. The number of fused-ring (bicyclic) bond motifs is 3. The van der Waals surface area contributed by atoms with E-state index in [0.717, 1.165) is 22.5 Å². The highest BCUT2D eigenvalue weighted by molar-refractivity contribution is 7.13. The van der Waals surface area contributed by atoms with Crippen molar-refractivity contribution >= 4 is 34.5 Å². The molecule has 3 saturated heterocycles. The molecule has 2 atom stereocenters. The molecule has 1 aromatic carbocycles. The van der Waals surface area contributed by atoms with E-state index in [0.29, 0.717) is 30.4 Å². The molecule has 3 fully saturated rings. The van der Waals surface area contributed by atoms with Gasteiger partial charge in [-0.2, -0.15) is 4.98 Å². The molecular weight excluding hydrogens is 404 g/mol. The summed E-state index contributed by atoms with van der Waals surface area (Å²) in [6, 6.07) is 4.59. The number of thiazole rings is 1. The predicted molar refractivity (Wildman–Crippen MR) is 114 cm³/mol. The van der Waals surface area contributed by atoms with E-state index in [2.05, 4.69) is 9.88 Å². The van der Waals surface area contributed by atoms with Crippen LogP contribution in [-0.4, -0.2) is 58.8 Å². The summed E-state index contributed by atoms with van der Waals surface area (Å²) in [7, 11) is 1.64. The van der Waals surface area contributed by atoms with Crippen molar-refractivity contribution in [2.75, 3.05) is 25.1 Å². The van der Waals surface area contributed by atoms with Crippen LogP contribution in [-0.2, 0) is 4.74 Å². The third-order valence-corrected chi connectivity index (χ3v) is 6.23. The normalized spacial score (nSPS) is 20.9. The maximum atomic E-state index is 12.5. The van der Waals surface area contributed by atoms with Crippen LogP contribution in [0.4, 0.5) is 10.8 Å². The summed E-state index contributed by atoms with van der Waals surface area (Å²) in [6.45, 7) is 7.01. The lowest BCUT2D eigenvalue weighted by Gasteiger charge is -2.55. The van der Waals surface area contributed by atoms with E-state index in [1.807, 2.05) is 43.2 Å². The number of piperazine rings is 1. The fourth-order valence-electron chi connectivity index (χ4n) is 4.14. The second kappa shape index (κ2) is 6.87. The number of carbonyl (C=O) groups is 1. The first-order chi connectivity index (χ1) is 14.3. The number of hydrogen-bond donors (Lipinski definition) is 0. The zero-order valence-electron chi connectivity index (χ0n) is 17.4. The Labute approximate surface area is 178 Å². The standard InChI is InChI=1S/C21H24N4O4S/c1-21(2,3)29-20(26)25-12-7-13(25)11-24(10-12)19-23-16-9-14(27-4)8-15(17(16)28-19)18-22-5-6-30-18/h5-6,8-9,12-13H,7,10-11H2,1-4H3. The second-order valence-corrected chi connectivity index (χ2v) is 9.59. The van der Waals surface area contributed by atoms with Crippen LogP contribution in [0.2, 0.25) is 0 Å². The van der Waals surface area contributed by atoms with Crippen LogP contribution in [0, 0.1) is 0 Å². The topological polar surface area (TPSA) is 80.9 Å². The van der Waals surface area contributed by atoms with Crippen LogP contribution in [0.3, 0.4) is 0 Å². The predicted octanol–water partition coefficient (Wildman–Crippen LogP) is 4.16. The quantitative estimate of drug-likeness (QED) is 0.620. The van der Waals surface area contributed by atoms with E-state index in [1.54, 1.807) is 24.6 Å². The number of carbonyl (C=O) groups excluding carboxylic acids is 1. The van der Waals surface area contributed by atoms with E-state index < -0.39 is 5.60 Å². The van der Waals surface area contributed by atoms with Crippen molar-refractivity contribution in [3.8, 4) is 16.3 Å². The fourth-order valence-corrected chi connectivity index (χ4v) is 4.79. The van der Waals surface area contributed by atoms with Gasteiger partial charge in [-0.1, -0.05) is 0 Å². The molecule has 2 unspecified atom stereocenters. The molecule has 1 amide bonds. The summed E-state index contributed by atoms with van der Waals surface area (Å²) in [4.78, 5) is 25.6. The van der Waals surface area contributed by atoms with Gasteiger partial charge in [0.25, 0.3) is 6.01 Å². The van der Waals surface area contributed by atoms with Crippen molar-refractivity contribution in [2.45, 2.75) is 44.9 Å². The minimum Gasteiger partial charge on any atom is -0.497 e. The van der Waals surface area contributed by atoms with Gasteiger partial charge in [-0.3, -0.25) is 4.90 Å². The van der Waals surface area contributed by atoms with Crippen molar-refractivity contribution in [1.29, 1.82) is 0 Å². The van der Waals surface area contributed by atoms with Crippen molar-refractivity contribution in [3.05, 3.63) is 23.7 Å². The van der Waals surface area contributed by atoms with Crippen LogP contribution >= 0.6 is 11.3 Å². The zero-order valence-corrected chi connectivity index (χ0v) is 18.2. The Morgan fingerprint density at radius 3 is 2.67 bits per heavy atom. The Kier molecular flexibility index (Phi) is 4.39. The van der Waals surface area contributed by atoms with Crippen LogP contribution in [0.25, 0.3) is 21.7 Å². The third kappa shape index (κ3) is 3.27. The average molecular weight is 429 g/mol. The highest BCUT2D eigenvalue weighted by Crippen LogP contribution is 2.39. The molecule has 0 N–H and O–H groups in total. The molecule has 0 aliphatic carbocycles. The zero-order chi connectivity index (χ0) is 21.0. The number of methoxy groups -OCH3 is 1. The minimum atomic E-state index is -0.494.